The molecule has 6 nitrogen and oxygen atoms in total. The summed E-state index contributed by atoms with van der Waals surface area (Å²) in [6, 6.07) is 0. The summed E-state index contributed by atoms with van der Waals surface area (Å²) in [5, 5.41) is 13.4. The second-order valence-corrected chi connectivity index (χ2v) is 5.21. The number of ether oxygens (including phenoxy) is 1. The lowest BCUT2D eigenvalue weighted by Gasteiger charge is -2.37. The Hall–Kier alpha value is -0.690. The summed E-state index contributed by atoms with van der Waals surface area (Å²) in [7, 11) is 0. The average Bonchev–Trinajstić information content (AvgIpc) is 2.78. The van der Waals surface area contributed by atoms with E-state index in [2.05, 4.69) is 10.2 Å². The van der Waals surface area contributed by atoms with Crippen LogP contribution in [0.1, 0.15) is 19.8 Å². The van der Waals surface area contributed by atoms with Gasteiger partial charge in [0.2, 0.25) is 5.91 Å². The van der Waals surface area contributed by atoms with Gasteiger partial charge in [0, 0.05) is 52.3 Å². The molecule has 2 rings (SSSR count). The van der Waals surface area contributed by atoms with E-state index in [4.69, 9.17) is 4.74 Å². The number of carbonyl (C=O) groups is 1. The lowest BCUT2D eigenvalue weighted by molar-refractivity contribution is -0.129. The molecule has 6 heteroatoms. The Labute approximate surface area is 114 Å². The Morgan fingerprint density at radius 2 is 2.32 bits per heavy atom. The molecule has 1 amide bonds. The zero-order chi connectivity index (χ0) is 13.7. The second kappa shape index (κ2) is 7.19. The van der Waals surface area contributed by atoms with E-state index in [0.717, 1.165) is 32.6 Å². The van der Waals surface area contributed by atoms with Gasteiger partial charge in [-0.2, -0.15) is 0 Å². The van der Waals surface area contributed by atoms with Gasteiger partial charge in [-0.25, -0.2) is 0 Å². The Kier molecular flexibility index (Phi) is 5.57. The minimum absolute atomic E-state index is 0.0303. The second-order valence-electron chi connectivity index (χ2n) is 5.21. The van der Waals surface area contributed by atoms with Gasteiger partial charge in [-0.05, 0) is 13.3 Å². The highest BCUT2D eigenvalue weighted by molar-refractivity contribution is 5.78. The van der Waals surface area contributed by atoms with E-state index in [-0.39, 0.29) is 12.1 Å². The largest absolute Gasteiger partial charge is 0.390 e. The van der Waals surface area contributed by atoms with Crippen molar-refractivity contribution < 1.29 is 14.6 Å². The molecular weight excluding hydrogens is 246 g/mol. The van der Waals surface area contributed by atoms with Gasteiger partial charge in [-0.3, -0.25) is 9.69 Å². The number of aliphatic hydroxyl groups excluding tert-OH is 1. The number of piperazine rings is 1. The highest BCUT2D eigenvalue weighted by atomic mass is 16.5. The van der Waals surface area contributed by atoms with Crippen LogP contribution in [0.4, 0.5) is 0 Å². The van der Waals surface area contributed by atoms with Crippen LogP contribution in [0.5, 0.6) is 0 Å². The van der Waals surface area contributed by atoms with Gasteiger partial charge in [-0.1, -0.05) is 0 Å². The summed E-state index contributed by atoms with van der Waals surface area (Å²) in [6.45, 7) is 7.03. The molecule has 2 N–H and O–H groups in total. The maximum Gasteiger partial charge on any atom is 0.222 e. The molecule has 19 heavy (non-hydrogen) atoms. The number of amides is 1. The summed E-state index contributed by atoms with van der Waals surface area (Å²) >= 11 is 0. The molecule has 0 aliphatic carbocycles. The molecular formula is C13H25N3O3. The molecule has 2 aliphatic rings. The molecule has 0 radical (unpaired) electrons. The van der Waals surface area contributed by atoms with E-state index in [1.165, 1.54) is 0 Å². The number of nitrogens with one attached hydrogen (secondary N) is 1. The van der Waals surface area contributed by atoms with Crippen LogP contribution < -0.4 is 5.32 Å². The standard InChI is InChI=1S/C13H25N3O3/c1-2-19-13-8-14-5-7-16(13)10-11(17)9-15-6-3-4-12(15)18/h11,13-14,17H,2-10H2,1H3/t11-,13?/m1/s1. The highest BCUT2D eigenvalue weighted by Crippen LogP contribution is 2.12. The summed E-state index contributed by atoms with van der Waals surface area (Å²) < 4.78 is 5.66. The Balaban J connectivity index is 1.79. The van der Waals surface area contributed by atoms with Gasteiger partial charge in [-0.15, -0.1) is 0 Å². The molecule has 0 aromatic carbocycles. The number of likely N-dealkylation sites (tertiary alicyclic amines) is 1. The van der Waals surface area contributed by atoms with Crippen molar-refractivity contribution in [2.75, 3.05) is 45.9 Å². The topological polar surface area (TPSA) is 65.0 Å². The van der Waals surface area contributed by atoms with Crippen LogP contribution in [0.3, 0.4) is 0 Å². The average molecular weight is 271 g/mol. The number of hydrogen-bond donors (Lipinski definition) is 2. The van der Waals surface area contributed by atoms with Gasteiger partial charge in [0.05, 0.1) is 6.10 Å². The molecule has 0 bridgehead atoms. The number of β-amino-alcohol motifs (C(OH)–C–C–N with tert-alkyl or cyclic N) is 1. The van der Waals surface area contributed by atoms with Gasteiger partial charge < -0.3 is 20.1 Å². The van der Waals surface area contributed by atoms with Crippen LogP contribution in [-0.4, -0.2) is 79.0 Å². The molecule has 0 aromatic rings. The maximum absolute atomic E-state index is 11.5. The lowest BCUT2D eigenvalue weighted by atomic mass is 10.2. The molecule has 2 heterocycles. The normalized spacial score (nSPS) is 26.9. The van der Waals surface area contributed by atoms with E-state index in [1.807, 2.05) is 6.92 Å². The molecule has 0 spiro atoms. The van der Waals surface area contributed by atoms with Gasteiger partial charge >= 0.3 is 0 Å². The minimum Gasteiger partial charge on any atom is -0.390 e. The SMILES string of the molecule is CCOC1CNCCN1C[C@H](O)CN1CCCC1=O. The molecule has 0 saturated carbocycles. The Bertz CT molecular complexity index is 299. The maximum atomic E-state index is 11.5. The van der Waals surface area contributed by atoms with Crippen molar-refractivity contribution in [3.8, 4) is 0 Å². The zero-order valence-electron chi connectivity index (χ0n) is 11.7. The Morgan fingerprint density at radius 1 is 1.47 bits per heavy atom. The van der Waals surface area contributed by atoms with Crippen molar-refractivity contribution in [2.24, 2.45) is 0 Å². The summed E-state index contributed by atoms with van der Waals surface area (Å²) in [5.41, 5.74) is 0. The van der Waals surface area contributed by atoms with Crippen LogP contribution in [0, 0.1) is 0 Å². The quantitative estimate of drug-likeness (QED) is 0.665. The molecule has 1 unspecified atom stereocenters. The number of carbonyl (C=O) groups excluding carboxylic acids is 1. The number of rotatable bonds is 6. The van der Waals surface area contributed by atoms with E-state index in [0.29, 0.717) is 26.1 Å². The van der Waals surface area contributed by atoms with Crippen molar-refractivity contribution in [1.82, 2.24) is 15.1 Å². The van der Waals surface area contributed by atoms with Gasteiger partial charge in [0.25, 0.3) is 0 Å². The highest BCUT2D eigenvalue weighted by Gasteiger charge is 2.27. The number of nitrogens with zero attached hydrogens (tertiary/aromatic N) is 2. The van der Waals surface area contributed by atoms with Crippen LogP contribution in [0.15, 0.2) is 0 Å². The first kappa shape index (κ1) is 14.7. The van der Waals surface area contributed by atoms with Gasteiger partial charge in [0.1, 0.15) is 6.23 Å². The smallest absolute Gasteiger partial charge is 0.222 e. The molecule has 2 atom stereocenters. The minimum atomic E-state index is -0.497. The first-order valence-electron chi connectivity index (χ1n) is 7.23. The van der Waals surface area contributed by atoms with Crippen molar-refractivity contribution in [3.05, 3.63) is 0 Å². The predicted molar refractivity (Wildman–Crippen MR) is 71.7 cm³/mol. The van der Waals surface area contributed by atoms with E-state index >= 15 is 0 Å². The third-order valence-electron chi connectivity index (χ3n) is 3.71. The van der Waals surface area contributed by atoms with Crippen LogP contribution >= 0.6 is 0 Å². The molecule has 0 aromatic heterocycles. The number of hydrogen-bond acceptors (Lipinski definition) is 5. The monoisotopic (exact) mass is 271 g/mol. The fourth-order valence-corrected chi connectivity index (χ4v) is 2.77. The van der Waals surface area contributed by atoms with E-state index in [1.54, 1.807) is 4.90 Å². The fourth-order valence-electron chi connectivity index (χ4n) is 2.77. The van der Waals surface area contributed by atoms with Crippen molar-refractivity contribution in [1.29, 1.82) is 0 Å². The third-order valence-corrected chi connectivity index (χ3v) is 3.71. The summed E-state index contributed by atoms with van der Waals surface area (Å²) in [5.74, 6) is 0.167. The van der Waals surface area contributed by atoms with Crippen LogP contribution in [0.2, 0.25) is 0 Å². The third kappa shape index (κ3) is 4.14. The summed E-state index contributed by atoms with van der Waals surface area (Å²) in [6.07, 6.45) is 1.08. The molecule has 2 fully saturated rings. The lowest BCUT2D eigenvalue weighted by Crippen LogP contribution is -2.55. The van der Waals surface area contributed by atoms with E-state index < -0.39 is 6.10 Å². The Morgan fingerprint density at radius 3 is 3.00 bits per heavy atom. The first-order chi connectivity index (χ1) is 9.20. The van der Waals surface area contributed by atoms with Crippen molar-refractivity contribution in [3.63, 3.8) is 0 Å². The van der Waals surface area contributed by atoms with Crippen LogP contribution in [-0.2, 0) is 9.53 Å². The molecule has 110 valence electrons. The van der Waals surface area contributed by atoms with E-state index in [9.17, 15) is 9.90 Å². The van der Waals surface area contributed by atoms with Gasteiger partial charge in [0.15, 0.2) is 0 Å². The van der Waals surface area contributed by atoms with Crippen molar-refractivity contribution >= 4 is 5.91 Å². The molecule has 2 saturated heterocycles. The fraction of sp³-hybridized carbons (Fsp3) is 0.923. The van der Waals surface area contributed by atoms with Crippen LogP contribution in [0.25, 0.3) is 0 Å². The summed E-state index contributed by atoms with van der Waals surface area (Å²) in [4.78, 5) is 15.5. The number of aliphatic hydroxyl groups is 1. The first-order valence-corrected chi connectivity index (χ1v) is 7.23. The zero-order valence-corrected chi connectivity index (χ0v) is 11.7. The van der Waals surface area contributed by atoms with Crippen molar-refractivity contribution in [2.45, 2.75) is 32.1 Å². The molecule has 2 aliphatic heterocycles. The predicted octanol–water partition coefficient (Wildman–Crippen LogP) is -0.762.